The summed E-state index contributed by atoms with van der Waals surface area (Å²) in [7, 11) is 0. The Morgan fingerprint density at radius 1 is 1.14 bits per heavy atom. The van der Waals surface area contributed by atoms with Gasteiger partial charge < -0.3 is 10.1 Å². The highest BCUT2D eigenvalue weighted by Crippen LogP contribution is 2.49. The molecule has 0 unspecified atom stereocenters. The van der Waals surface area contributed by atoms with Crippen LogP contribution in [-0.4, -0.2) is 6.61 Å². The quantitative estimate of drug-likeness (QED) is 0.683. The lowest BCUT2D eigenvalue weighted by molar-refractivity contribution is -0.0381. The Morgan fingerprint density at radius 2 is 1.95 bits per heavy atom. The van der Waals surface area contributed by atoms with Crippen molar-refractivity contribution >= 4 is 33.2 Å². The minimum Gasteiger partial charge on any atom is -0.378 e. The van der Waals surface area contributed by atoms with E-state index in [0.717, 1.165) is 28.2 Å². The number of ether oxygens (including phenoxy) is 1. The summed E-state index contributed by atoms with van der Waals surface area (Å²) in [6.45, 7) is 0.834. The van der Waals surface area contributed by atoms with Crippen molar-refractivity contribution < 1.29 is 4.74 Å². The molecule has 2 aliphatic heterocycles. The van der Waals surface area contributed by atoms with Gasteiger partial charge >= 0.3 is 0 Å². The van der Waals surface area contributed by atoms with Crippen molar-refractivity contribution in [3.63, 3.8) is 0 Å². The SMILES string of the molecule is Clc1ccc2c(c1)[C@@H]1OCCC[C@@H]1[C@H](c1ccc(Br)cc1)N2. The van der Waals surface area contributed by atoms with Gasteiger partial charge in [0, 0.05) is 33.3 Å². The molecule has 0 amide bonds. The molecule has 2 aliphatic rings. The zero-order valence-corrected chi connectivity index (χ0v) is 14.4. The summed E-state index contributed by atoms with van der Waals surface area (Å²) in [6, 6.07) is 14.9. The lowest BCUT2D eigenvalue weighted by Gasteiger charge is -2.43. The van der Waals surface area contributed by atoms with Crippen molar-refractivity contribution in [2.75, 3.05) is 11.9 Å². The maximum absolute atomic E-state index is 6.19. The number of anilines is 1. The van der Waals surface area contributed by atoms with Crippen LogP contribution in [0.2, 0.25) is 5.02 Å². The largest absolute Gasteiger partial charge is 0.378 e. The Hall–Kier alpha value is -1.03. The molecule has 4 rings (SSSR count). The second-order valence-corrected chi connectivity index (χ2v) is 7.35. The van der Waals surface area contributed by atoms with Gasteiger partial charge in [-0.05, 0) is 48.7 Å². The van der Waals surface area contributed by atoms with E-state index in [4.69, 9.17) is 16.3 Å². The monoisotopic (exact) mass is 377 g/mol. The third-order valence-corrected chi connectivity index (χ3v) is 5.42. The van der Waals surface area contributed by atoms with Gasteiger partial charge in [-0.2, -0.15) is 0 Å². The van der Waals surface area contributed by atoms with E-state index in [9.17, 15) is 0 Å². The number of benzene rings is 2. The molecule has 2 aromatic carbocycles. The molecule has 1 fully saturated rings. The molecule has 0 bridgehead atoms. The topological polar surface area (TPSA) is 21.3 Å². The number of rotatable bonds is 1. The van der Waals surface area contributed by atoms with Gasteiger partial charge in [0.15, 0.2) is 0 Å². The van der Waals surface area contributed by atoms with E-state index in [2.05, 4.69) is 51.6 Å². The first-order chi connectivity index (χ1) is 10.7. The van der Waals surface area contributed by atoms with Crippen LogP contribution in [-0.2, 0) is 4.74 Å². The molecule has 2 aromatic rings. The van der Waals surface area contributed by atoms with E-state index in [1.165, 1.54) is 17.5 Å². The zero-order valence-electron chi connectivity index (χ0n) is 12.1. The minimum absolute atomic E-state index is 0.136. The molecule has 2 heterocycles. The van der Waals surface area contributed by atoms with Crippen molar-refractivity contribution in [2.24, 2.45) is 5.92 Å². The van der Waals surface area contributed by atoms with Crippen LogP contribution in [0.1, 0.15) is 36.1 Å². The van der Waals surface area contributed by atoms with Gasteiger partial charge in [0.1, 0.15) is 0 Å². The van der Waals surface area contributed by atoms with Gasteiger partial charge in [-0.15, -0.1) is 0 Å². The maximum atomic E-state index is 6.19. The van der Waals surface area contributed by atoms with Crippen LogP contribution in [0.4, 0.5) is 5.69 Å². The highest BCUT2D eigenvalue weighted by atomic mass is 79.9. The first-order valence-corrected chi connectivity index (χ1v) is 8.82. The average molecular weight is 379 g/mol. The summed E-state index contributed by atoms with van der Waals surface area (Å²) in [6.07, 6.45) is 2.42. The fourth-order valence-electron chi connectivity index (χ4n) is 3.64. The lowest BCUT2D eigenvalue weighted by Crippen LogP contribution is -2.35. The summed E-state index contributed by atoms with van der Waals surface area (Å²) in [4.78, 5) is 0. The summed E-state index contributed by atoms with van der Waals surface area (Å²) in [5.74, 6) is 0.445. The molecule has 0 aliphatic carbocycles. The molecular formula is C18H17BrClNO. The van der Waals surface area contributed by atoms with Gasteiger partial charge in [-0.3, -0.25) is 0 Å². The van der Waals surface area contributed by atoms with Crippen molar-refractivity contribution in [2.45, 2.75) is 25.0 Å². The highest BCUT2D eigenvalue weighted by molar-refractivity contribution is 9.10. The van der Waals surface area contributed by atoms with Crippen molar-refractivity contribution in [3.05, 3.63) is 63.1 Å². The molecule has 0 aromatic heterocycles. The first kappa shape index (κ1) is 14.6. The minimum atomic E-state index is 0.136. The molecule has 2 nitrogen and oxygen atoms in total. The Kier molecular flexibility index (Phi) is 3.89. The first-order valence-electron chi connectivity index (χ1n) is 7.65. The lowest BCUT2D eigenvalue weighted by atomic mass is 9.77. The molecule has 1 saturated heterocycles. The predicted octanol–water partition coefficient (Wildman–Crippen LogP) is 5.74. The van der Waals surface area contributed by atoms with Crippen LogP contribution in [0.15, 0.2) is 46.9 Å². The van der Waals surface area contributed by atoms with Crippen LogP contribution in [0, 0.1) is 5.92 Å². The third kappa shape index (κ3) is 2.55. The van der Waals surface area contributed by atoms with Gasteiger partial charge in [-0.25, -0.2) is 0 Å². The van der Waals surface area contributed by atoms with Crippen LogP contribution >= 0.6 is 27.5 Å². The molecular weight excluding hydrogens is 362 g/mol. The van der Waals surface area contributed by atoms with Crippen molar-refractivity contribution in [1.29, 1.82) is 0 Å². The van der Waals surface area contributed by atoms with Crippen LogP contribution in [0.25, 0.3) is 0 Å². The Morgan fingerprint density at radius 3 is 2.77 bits per heavy atom. The number of hydrogen-bond donors (Lipinski definition) is 1. The normalized spacial score (nSPS) is 26.7. The zero-order chi connectivity index (χ0) is 15.1. The van der Waals surface area contributed by atoms with Crippen LogP contribution < -0.4 is 5.32 Å². The molecule has 22 heavy (non-hydrogen) atoms. The molecule has 0 spiro atoms. The highest BCUT2D eigenvalue weighted by Gasteiger charge is 2.39. The molecule has 0 saturated carbocycles. The van der Waals surface area contributed by atoms with Crippen molar-refractivity contribution in [1.82, 2.24) is 0 Å². The predicted molar refractivity (Wildman–Crippen MR) is 93.4 cm³/mol. The number of hydrogen-bond acceptors (Lipinski definition) is 2. The number of halogens is 2. The van der Waals surface area contributed by atoms with E-state index in [1.807, 2.05) is 12.1 Å². The van der Waals surface area contributed by atoms with E-state index >= 15 is 0 Å². The molecule has 4 heteroatoms. The summed E-state index contributed by atoms with van der Waals surface area (Å²) < 4.78 is 7.24. The second kappa shape index (κ2) is 5.88. The van der Waals surface area contributed by atoms with Crippen molar-refractivity contribution in [3.8, 4) is 0 Å². The van der Waals surface area contributed by atoms with E-state index in [0.29, 0.717) is 5.92 Å². The van der Waals surface area contributed by atoms with Gasteiger partial charge in [0.05, 0.1) is 12.1 Å². The van der Waals surface area contributed by atoms with E-state index < -0.39 is 0 Å². The fourth-order valence-corrected chi connectivity index (χ4v) is 4.09. The van der Waals surface area contributed by atoms with Crippen LogP contribution in [0.5, 0.6) is 0 Å². The second-order valence-electron chi connectivity index (χ2n) is 6.00. The smallest absolute Gasteiger partial charge is 0.0896 e. The average Bonchev–Trinajstić information content (AvgIpc) is 2.55. The Balaban J connectivity index is 1.77. The van der Waals surface area contributed by atoms with Gasteiger partial charge in [0.25, 0.3) is 0 Å². The Bertz CT molecular complexity index is 688. The van der Waals surface area contributed by atoms with Crippen LogP contribution in [0.3, 0.4) is 0 Å². The van der Waals surface area contributed by atoms with Gasteiger partial charge in [-0.1, -0.05) is 39.7 Å². The Labute approximate surface area is 144 Å². The van der Waals surface area contributed by atoms with Gasteiger partial charge in [0.2, 0.25) is 0 Å². The number of nitrogens with one attached hydrogen (secondary N) is 1. The van der Waals surface area contributed by atoms with E-state index in [-0.39, 0.29) is 12.1 Å². The molecule has 0 radical (unpaired) electrons. The standard InChI is InChI=1S/C18H17BrClNO/c19-12-5-3-11(4-6-12)17-14-2-1-9-22-18(14)15-10-13(20)7-8-16(15)21-17/h3-8,10,14,17-18,21H,1-2,9H2/t14-,17+,18-/m1/s1. The molecule has 1 N–H and O–H groups in total. The van der Waals surface area contributed by atoms with E-state index in [1.54, 1.807) is 0 Å². The maximum Gasteiger partial charge on any atom is 0.0896 e. The number of fused-ring (bicyclic) bond motifs is 3. The third-order valence-electron chi connectivity index (χ3n) is 4.66. The fraction of sp³-hybridized carbons (Fsp3) is 0.333. The summed E-state index contributed by atoms with van der Waals surface area (Å²) in [5, 5.41) is 4.48. The summed E-state index contributed by atoms with van der Waals surface area (Å²) in [5.41, 5.74) is 3.65. The molecule has 114 valence electrons. The molecule has 3 atom stereocenters. The summed E-state index contributed by atoms with van der Waals surface area (Å²) >= 11 is 9.70.